The smallest absolute Gasteiger partial charge is 0.279 e. The van der Waals surface area contributed by atoms with E-state index < -0.39 is 0 Å². The summed E-state index contributed by atoms with van der Waals surface area (Å²) in [6.07, 6.45) is 2.21. The number of nitrogens with zero attached hydrogens (tertiary/aromatic N) is 3. The number of carbonyl (C=O) groups excluding carboxylic acids is 1. The van der Waals surface area contributed by atoms with Crippen molar-refractivity contribution in [1.82, 2.24) is 24.8 Å². The lowest BCUT2D eigenvalue weighted by Crippen LogP contribution is -2.36. The highest BCUT2D eigenvalue weighted by atomic mass is 35.5. The molecule has 0 saturated carbocycles. The van der Waals surface area contributed by atoms with Gasteiger partial charge in [0, 0.05) is 43.3 Å². The van der Waals surface area contributed by atoms with Gasteiger partial charge in [0.15, 0.2) is 5.65 Å². The van der Waals surface area contributed by atoms with E-state index in [9.17, 15) is 9.59 Å². The number of fused-ring (bicyclic) bond motifs is 2. The highest BCUT2D eigenvalue weighted by Crippen LogP contribution is 2.18. The van der Waals surface area contributed by atoms with Crippen molar-refractivity contribution in [2.75, 3.05) is 6.54 Å². The predicted molar refractivity (Wildman–Crippen MR) is 103 cm³/mol. The number of halogens is 1. The molecule has 0 fully saturated rings. The van der Waals surface area contributed by atoms with Gasteiger partial charge in [-0.25, -0.2) is 0 Å². The number of hydrogen-bond acceptors (Lipinski definition) is 4. The van der Waals surface area contributed by atoms with E-state index in [0.29, 0.717) is 35.9 Å². The number of rotatable bonds is 4. The third kappa shape index (κ3) is 3.02. The summed E-state index contributed by atoms with van der Waals surface area (Å²) in [5, 5.41) is 10.9. The first-order valence-corrected chi connectivity index (χ1v) is 9.34. The number of benzene rings is 1. The lowest BCUT2D eigenvalue weighted by molar-refractivity contribution is 0.0952. The highest BCUT2D eigenvalue weighted by molar-refractivity contribution is 6.31. The van der Waals surface area contributed by atoms with Crippen molar-refractivity contribution in [2.24, 2.45) is 0 Å². The zero-order valence-corrected chi connectivity index (χ0v) is 15.7. The molecule has 0 saturated heterocycles. The van der Waals surface area contributed by atoms with E-state index in [1.165, 1.54) is 10.7 Å². The molecule has 1 aliphatic rings. The monoisotopic (exact) mass is 385 g/mol. The van der Waals surface area contributed by atoms with Crippen LogP contribution in [0.3, 0.4) is 0 Å². The molecule has 140 valence electrons. The molecule has 0 atom stereocenters. The molecule has 2 N–H and O–H groups in total. The van der Waals surface area contributed by atoms with Crippen molar-refractivity contribution in [3.8, 4) is 0 Å². The Morgan fingerprint density at radius 3 is 2.96 bits per heavy atom. The quantitative estimate of drug-likeness (QED) is 0.717. The molecule has 8 heteroatoms. The van der Waals surface area contributed by atoms with E-state index in [1.807, 2.05) is 29.7 Å². The second kappa shape index (κ2) is 7.17. The standard InChI is InChI=1S/C19H20ClN5O2/c1-2-24-16-7-8-21-10-13(16)19(27)25-18(24)14(11-23-25)17(26)22-9-12-5-3-4-6-15(12)20/h3-6,11,21H,2,7-10H2,1H3,(H,22,26). The number of carbonyl (C=O) groups is 1. The Labute approximate surface area is 160 Å². The second-order valence-electron chi connectivity index (χ2n) is 6.47. The van der Waals surface area contributed by atoms with Gasteiger partial charge in [0.2, 0.25) is 0 Å². The summed E-state index contributed by atoms with van der Waals surface area (Å²) < 4.78 is 3.36. The normalized spacial score (nSPS) is 13.6. The van der Waals surface area contributed by atoms with E-state index in [-0.39, 0.29) is 11.5 Å². The summed E-state index contributed by atoms with van der Waals surface area (Å²) in [6.45, 7) is 4.30. The van der Waals surface area contributed by atoms with Gasteiger partial charge in [-0.3, -0.25) is 9.59 Å². The number of aromatic nitrogens is 3. The van der Waals surface area contributed by atoms with Gasteiger partial charge in [0.25, 0.3) is 11.5 Å². The van der Waals surface area contributed by atoms with Crippen LogP contribution in [0.2, 0.25) is 5.02 Å². The zero-order valence-electron chi connectivity index (χ0n) is 15.0. The van der Waals surface area contributed by atoms with Gasteiger partial charge in [-0.15, -0.1) is 0 Å². The Bertz CT molecular complexity index is 1090. The van der Waals surface area contributed by atoms with Gasteiger partial charge in [-0.2, -0.15) is 9.61 Å². The fraction of sp³-hybridized carbons (Fsp3) is 0.316. The van der Waals surface area contributed by atoms with Crippen LogP contribution in [0.5, 0.6) is 0 Å². The SMILES string of the molecule is CCn1c2c(c(=O)n3ncc(C(=O)NCc4ccccc4Cl)c13)CNCC2. The van der Waals surface area contributed by atoms with Crippen molar-refractivity contribution in [1.29, 1.82) is 0 Å². The van der Waals surface area contributed by atoms with Crippen LogP contribution in [0.1, 0.15) is 34.1 Å². The molecule has 2 aromatic heterocycles. The average Bonchev–Trinajstić information content (AvgIpc) is 3.13. The average molecular weight is 386 g/mol. The molecule has 1 aromatic carbocycles. The maximum atomic E-state index is 12.8. The van der Waals surface area contributed by atoms with Crippen LogP contribution in [0.15, 0.2) is 35.3 Å². The van der Waals surface area contributed by atoms with Crippen LogP contribution in [0.4, 0.5) is 0 Å². The maximum Gasteiger partial charge on any atom is 0.279 e. The number of aryl methyl sites for hydroxylation is 1. The van der Waals surface area contributed by atoms with Gasteiger partial charge >= 0.3 is 0 Å². The largest absolute Gasteiger partial charge is 0.348 e. The molecule has 0 spiro atoms. The molecule has 7 nitrogen and oxygen atoms in total. The molecule has 3 heterocycles. The fourth-order valence-corrected chi connectivity index (χ4v) is 3.79. The molecule has 0 aliphatic carbocycles. The molecule has 3 aromatic rings. The summed E-state index contributed by atoms with van der Waals surface area (Å²) in [5.74, 6) is -0.277. The molecule has 1 aliphatic heterocycles. The summed E-state index contributed by atoms with van der Waals surface area (Å²) in [5.41, 5.74) is 3.31. The Hall–Kier alpha value is -2.64. The third-order valence-electron chi connectivity index (χ3n) is 4.92. The van der Waals surface area contributed by atoms with Crippen molar-refractivity contribution >= 4 is 23.2 Å². The van der Waals surface area contributed by atoms with Crippen LogP contribution in [0.25, 0.3) is 5.65 Å². The van der Waals surface area contributed by atoms with Gasteiger partial charge in [0.05, 0.1) is 11.8 Å². The molecule has 1 amide bonds. The first kappa shape index (κ1) is 17.8. The van der Waals surface area contributed by atoms with Crippen LogP contribution in [-0.4, -0.2) is 26.6 Å². The van der Waals surface area contributed by atoms with Gasteiger partial charge in [0.1, 0.15) is 5.56 Å². The Morgan fingerprint density at radius 2 is 2.19 bits per heavy atom. The lowest BCUT2D eigenvalue weighted by atomic mass is 10.1. The van der Waals surface area contributed by atoms with Crippen molar-refractivity contribution < 1.29 is 4.79 Å². The third-order valence-corrected chi connectivity index (χ3v) is 5.29. The lowest BCUT2D eigenvalue weighted by Gasteiger charge is -2.22. The van der Waals surface area contributed by atoms with E-state index in [1.54, 1.807) is 6.07 Å². The van der Waals surface area contributed by atoms with Crippen molar-refractivity contribution in [2.45, 2.75) is 33.0 Å². The van der Waals surface area contributed by atoms with E-state index in [2.05, 4.69) is 15.7 Å². The number of nitrogens with one attached hydrogen (secondary N) is 2. The van der Waals surface area contributed by atoms with E-state index in [4.69, 9.17) is 11.6 Å². The molecular weight excluding hydrogens is 366 g/mol. The summed E-state index contributed by atoms with van der Waals surface area (Å²) in [7, 11) is 0. The Balaban J connectivity index is 1.74. The Morgan fingerprint density at radius 1 is 1.37 bits per heavy atom. The molecule has 27 heavy (non-hydrogen) atoms. The van der Waals surface area contributed by atoms with Crippen LogP contribution >= 0.6 is 11.6 Å². The minimum absolute atomic E-state index is 0.165. The zero-order chi connectivity index (χ0) is 19.0. The summed E-state index contributed by atoms with van der Waals surface area (Å²) in [4.78, 5) is 25.6. The predicted octanol–water partition coefficient (Wildman–Crippen LogP) is 1.74. The molecular formula is C19H20ClN5O2. The highest BCUT2D eigenvalue weighted by Gasteiger charge is 2.24. The Kier molecular flexibility index (Phi) is 4.72. The van der Waals surface area contributed by atoms with Crippen LogP contribution < -0.4 is 16.2 Å². The topological polar surface area (TPSA) is 80.4 Å². The first-order chi connectivity index (χ1) is 13.1. The summed E-state index contributed by atoms with van der Waals surface area (Å²) in [6, 6.07) is 7.37. The van der Waals surface area contributed by atoms with Crippen LogP contribution in [0, 0.1) is 0 Å². The first-order valence-electron chi connectivity index (χ1n) is 8.96. The second-order valence-corrected chi connectivity index (χ2v) is 6.88. The van der Waals surface area contributed by atoms with Crippen LogP contribution in [-0.2, 0) is 26.1 Å². The van der Waals surface area contributed by atoms with Crippen molar-refractivity contribution in [3.63, 3.8) is 0 Å². The minimum Gasteiger partial charge on any atom is -0.348 e. The molecule has 0 unspecified atom stereocenters. The van der Waals surface area contributed by atoms with Gasteiger partial charge in [-0.05, 0) is 18.6 Å². The molecule has 0 bridgehead atoms. The number of amides is 1. The van der Waals surface area contributed by atoms with Gasteiger partial charge in [-0.1, -0.05) is 29.8 Å². The van der Waals surface area contributed by atoms with Crippen molar-refractivity contribution in [3.05, 3.63) is 68.2 Å². The number of hydrogen-bond donors (Lipinski definition) is 2. The minimum atomic E-state index is -0.277. The van der Waals surface area contributed by atoms with E-state index >= 15 is 0 Å². The summed E-state index contributed by atoms with van der Waals surface area (Å²) >= 11 is 6.16. The molecule has 0 radical (unpaired) electrons. The fourth-order valence-electron chi connectivity index (χ4n) is 3.59. The molecule has 4 rings (SSSR count). The van der Waals surface area contributed by atoms with E-state index in [0.717, 1.165) is 29.8 Å². The van der Waals surface area contributed by atoms with Gasteiger partial charge < -0.3 is 15.2 Å². The maximum absolute atomic E-state index is 12.8.